The van der Waals surface area contributed by atoms with Gasteiger partial charge in [0.25, 0.3) is 0 Å². The molecular weight excluding hydrogens is 192 g/mol. The summed E-state index contributed by atoms with van der Waals surface area (Å²) in [5, 5.41) is 0. The highest BCUT2D eigenvalue weighted by Gasteiger charge is 2.55. The van der Waals surface area contributed by atoms with Gasteiger partial charge in [-0.1, -0.05) is 0 Å². The van der Waals surface area contributed by atoms with E-state index in [0.717, 1.165) is 12.8 Å². The number of esters is 1. The van der Waals surface area contributed by atoms with Gasteiger partial charge in [-0.3, -0.25) is 4.79 Å². The Balaban J connectivity index is 2.17. The zero-order valence-electron chi connectivity index (χ0n) is 10.0. The standard InChI is InChI=1S/C12H20O3/c1-8(13)14-10-7-9-5-6-12(10,4)15-11(9,2)3/h9-10H,5-7H2,1-4H3/t9-,10+,12-/m1/s1. The molecule has 0 unspecified atom stereocenters. The molecular formula is C12H20O3. The zero-order chi connectivity index (χ0) is 11.3. The molecule has 3 rings (SSSR count). The maximum Gasteiger partial charge on any atom is 0.303 e. The predicted molar refractivity (Wildman–Crippen MR) is 56.5 cm³/mol. The minimum atomic E-state index is -0.274. The van der Waals surface area contributed by atoms with Gasteiger partial charge in [0.15, 0.2) is 0 Å². The highest BCUT2D eigenvalue weighted by Crippen LogP contribution is 2.50. The Labute approximate surface area is 91.1 Å². The largest absolute Gasteiger partial charge is 0.459 e. The van der Waals surface area contributed by atoms with Crippen molar-refractivity contribution in [2.45, 2.75) is 64.3 Å². The number of carbonyl (C=O) groups excluding carboxylic acids is 1. The molecule has 3 atom stereocenters. The smallest absolute Gasteiger partial charge is 0.303 e. The van der Waals surface area contributed by atoms with Crippen molar-refractivity contribution in [3.05, 3.63) is 0 Å². The van der Waals surface area contributed by atoms with E-state index in [2.05, 4.69) is 20.8 Å². The highest BCUT2D eigenvalue weighted by atomic mass is 16.6. The number of ether oxygens (including phenoxy) is 2. The summed E-state index contributed by atoms with van der Waals surface area (Å²) in [6.45, 7) is 7.81. The lowest BCUT2D eigenvalue weighted by Gasteiger charge is -2.56. The van der Waals surface area contributed by atoms with Crippen LogP contribution in [0.4, 0.5) is 0 Å². The first kappa shape index (κ1) is 10.9. The minimum absolute atomic E-state index is 0.0539. The lowest BCUT2D eigenvalue weighted by atomic mass is 9.67. The first-order valence-corrected chi connectivity index (χ1v) is 5.71. The van der Waals surface area contributed by atoms with Crippen molar-refractivity contribution in [3.8, 4) is 0 Å². The van der Waals surface area contributed by atoms with Crippen LogP contribution >= 0.6 is 0 Å². The lowest BCUT2D eigenvalue weighted by Crippen LogP contribution is -2.62. The van der Waals surface area contributed by atoms with Crippen molar-refractivity contribution in [3.63, 3.8) is 0 Å². The molecule has 1 aliphatic carbocycles. The zero-order valence-corrected chi connectivity index (χ0v) is 10.0. The van der Waals surface area contributed by atoms with Crippen LogP contribution in [-0.2, 0) is 14.3 Å². The quantitative estimate of drug-likeness (QED) is 0.625. The van der Waals surface area contributed by atoms with Crippen molar-refractivity contribution in [1.82, 2.24) is 0 Å². The van der Waals surface area contributed by atoms with Crippen LogP contribution in [0.1, 0.15) is 47.0 Å². The number of hydrogen-bond acceptors (Lipinski definition) is 3. The number of hydrogen-bond donors (Lipinski definition) is 0. The van der Waals surface area contributed by atoms with Gasteiger partial charge in [-0.15, -0.1) is 0 Å². The van der Waals surface area contributed by atoms with E-state index in [1.807, 2.05) is 0 Å². The van der Waals surface area contributed by atoms with Gasteiger partial charge in [0.05, 0.1) is 5.60 Å². The van der Waals surface area contributed by atoms with Crippen molar-refractivity contribution in [2.24, 2.45) is 5.92 Å². The number of fused-ring (bicyclic) bond motifs is 3. The molecule has 2 heterocycles. The van der Waals surface area contributed by atoms with Crippen LogP contribution in [0.5, 0.6) is 0 Å². The average molecular weight is 212 g/mol. The summed E-state index contributed by atoms with van der Waals surface area (Å²) in [5.74, 6) is 0.318. The van der Waals surface area contributed by atoms with Crippen LogP contribution in [0.25, 0.3) is 0 Å². The summed E-state index contributed by atoms with van der Waals surface area (Å²) in [6, 6.07) is 0. The number of rotatable bonds is 1. The van der Waals surface area contributed by atoms with E-state index in [0.29, 0.717) is 5.92 Å². The van der Waals surface area contributed by atoms with Crippen molar-refractivity contribution < 1.29 is 14.3 Å². The van der Waals surface area contributed by atoms with E-state index >= 15 is 0 Å². The fourth-order valence-corrected chi connectivity index (χ4v) is 3.05. The van der Waals surface area contributed by atoms with E-state index < -0.39 is 0 Å². The summed E-state index contributed by atoms with van der Waals surface area (Å²) >= 11 is 0. The molecule has 2 aliphatic heterocycles. The van der Waals surface area contributed by atoms with Gasteiger partial charge in [-0.2, -0.15) is 0 Å². The van der Waals surface area contributed by atoms with Gasteiger partial charge in [-0.05, 0) is 46.0 Å². The Morgan fingerprint density at radius 1 is 1.40 bits per heavy atom. The normalized spacial score (nSPS) is 42.7. The van der Waals surface area contributed by atoms with E-state index in [-0.39, 0.29) is 23.3 Å². The summed E-state index contributed by atoms with van der Waals surface area (Å²) in [6.07, 6.45) is 3.07. The second-order valence-corrected chi connectivity index (χ2v) is 5.59. The second kappa shape index (κ2) is 3.21. The molecule has 0 aromatic carbocycles. The molecule has 3 heteroatoms. The Bertz CT molecular complexity index is 285. The third-order valence-electron chi connectivity index (χ3n) is 3.96. The fraction of sp³-hybridized carbons (Fsp3) is 0.917. The summed E-state index contributed by atoms with van der Waals surface area (Å²) in [7, 11) is 0. The van der Waals surface area contributed by atoms with E-state index in [1.54, 1.807) is 0 Å². The Kier molecular flexibility index (Phi) is 2.34. The van der Waals surface area contributed by atoms with Gasteiger partial charge < -0.3 is 9.47 Å². The van der Waals surface area contributed by atoms with Crippen molar-refractivity contribution in [1.29, 1.82) is 0 Å². The van der Waals surface area contributed by atoms with Gasteiger partial charge in [0.1, 0.15) is 11.7 Å². The minimum Gasteiger partial charge on any atom is -0.459 e. The van der Waals surface area contributed by atoms with E-state index in [1.165, 1.54) is 13.3 Å². The molecule has 86 valence electrons. The molecule has 2 saturated heterocycles. The maximum atomic E-state index is 11.0. The number of carbonyl (C=O) groups is 1. The van der Waals surface area contributed by atoms with E-state index in [9.17, 15) is 4.79 Å². The molecule has 1 saturated carbocycles. The predicted octanol–water partition coefficient (Wildman–Crippen LogP) is 2.29. The summed E-state index contributed by atoms with van der Waals surface area (Å²) < 4.78 is 11.5. The fourth-order valence-electron chi connectivity index (χ4n) is 3.05. The molecule has 0 aromatic rings. The molecule has 0 radical (unpaired) electrons. The van der Waals surface area contributed by atoms with Crippen LogP contribution in [0.2, 0.25) is 0 Å². The first-order valence-electron chi connectivity index (χ1n) is 5.71. The topological polar surface area (TPSA) is 35.5 Å². The SMILES string of the molecule is CC(=O)O[C@H]1C[C@H]2CC[C@@]1(C)OC2(C)C. The maximum absolute atomic E-state index is 11.0. The molecule has 0 spiro atoms. The molecule has 3 fully saturated rings. The molecule has 0 N–H and O–H groups in total. The van der Waals surface area contributed by atoms with E-state index in [4.69, 9.17) is 9.47 Å². The van der Waals surface area contributed by atoms with Crippen molar-refractivity contribution in [2.75, 3.05) is 0 Å². The van der Waals surface area contributed by atoms with Gasteiger partial charge in [-0.25, -0.2) is 0 Å². The third kappa shape index (κ3) is 1.78. The molecule has 0 aromatic heterocycles. The third-order valence-corrected chi connectivity index (χ3v) is 3.96. The molecule has 2 bridgehead atoms. The van der Waals surface area contributed by atoms with Gasteiger partial charge in [0.2, 0.25) is 0 Å². The average Bonchev–Trinajstić information content (AvgIpc) is 2.04. The van der Waals surface area contributed by atoms with Crippen LogP contribution in [0.15, 0.2) is 0 Å². The Morgan fingerprint density at radius 3 is 2.53 bits per heavy atom. The van der Waals surface area contributed by atoms with Gasteiger partial charge in [0, 0.05) is 6.92 Å². The second-order valence-electron chi connectivity index (χ2n) is 5.59. The van der Waals surface area contributed by atoms with Crippen LogP contribution in [0.3, 0.4) is 0 Å². The molecule has 3 aliphatic rings. The Hall–Kier alpha value is -0.570. The lowest BCUT2D eigenvalue weighted by molar-refractivity contribution is -0.277. The summed E-state index contributed by atoms with van der Waals surface area (Å²) in [5.41, 5.74) is -0.340. The van der Waals surface area contributed by atoms with Crippen LogP contribution in [0, 0.1) is 5.92 Å². The first-order chi connectivity index (χ1) is 6.83. The Morgan fingerprint density at radius 2 is 2.07 bits per heavy atom. The molecule has 3 nitrogen and oxygen atoms in total. The highest BCUT2D eigenvalue weighted by molar-refractivity contribution is 5.66. The summed E-state index contributed by atoms with van der Waals surface area (Å²) in [4.78, 5) is 11.0. The van der Waals surface area contributed by atoms with Crippen LogP contribution < -0.4 is 0 Å². The molecule has 0 amide bonds. The van der Waals surface area contributed by atoms with Crippen molar-refractivity contribution >= 4 is 5.97 Å². The molecule has 15 heavy (non-hydrogen) atoms. The monoisotopic (exact) mass is 212 g/mol. The van der Waals surface area contributed by atoms with Gasteiger partial charge >= 0.3 is 5.97 Å². The van der Waals surface area contributed by atoms with Crippen LogP contribution in [-0.4, -0.2) is 23.3 Å².